The Hall–Kier alpha value is -1.88. The second-order valence-corrected chi connectivity index (χ2v) is 7.78. The largest absolute Gasteiger partial charge is 0.461 e. The van der Waals surface area contributed by atoms with Crippen LogP contribution >= 0.6 is 12.4 Å². The van der Waals surface area contributed by atoms with E-state index < -0.39 is 6.04 Å². The third-order valence-corrected chi connectivity index (χ3v) is 5.64. The van der Waals surface area contributed by atoms with Gasteiger partial charge in [0.1, 0.15) is 12.1 Å². The van der Waals surface area contributed by atoms with E-state index in [1.54, 1.807) is 0 Å². The summed E-state index contributed by atoms with van der Waals surface area (Å²) < 4.78 is 11.6. The van der Waals surface area contributed by atoms with E-state index in [2.05, 4.69) is 48.5 Å². The van der Waals surface area contributed by atoms with Crippen LogP contribution in [0.1, 0.15) is 30.9 Å². The summed E-state index contributed by atoms with van der Waals surface area (Å²) in [5.74, 6) is 0.153. The van der Waals surface area contributed by atoms with Crippen molar-refractivity contribution in [3.05, 3.63) is 71.8 Å². The maximum absolute atomic E-state index is 12.2. The maximum atomic E-state index is 12.2. The van der Waals surface area contributed by atoms with Crippen LogP contribution in [0.25, 0.3) is 0 Å². The smallest absolute Gasteiger partial charge is 0.325 e. The summed E-state index contributed by atoms with van der Waals surface area (Å²) in [6, 6.07) is 20.2. The van der Waals surface area contributed by atoms with E-state index in [0.29, 0.717) is 12.5 Å². The van der Waals surface area contributed by atoms with E-state index in [4.69, 9.17) is 15.2 Å². The van der Waals surface area contributed by atoms with Crippen LogP contribution in [0.2, 0.25) is 0 Å². The van der Waals surface area contributed by atoms with Crippen LogP contribution in [-0.2, 0) is 27.1 Å². The number of hydrogen-bond donors (Lipinski definition) is 1. The number of rotatable bonds is 6. The monoisotopic (exact) mass is 417 g/mol. The van der Waals surface area contributed by atoms with Crippen molar-refractivity contribution in [3.63, 3.8) is 0 Å². The number of esters is 1. The van der Waals surface area contributed by atoms with Crippen molar-refractivity contribution in [3.8, 4) is 0 Å². The fraction of sp³-hybridized carbons (Fsp3) is 0.458. The van der Waals surface area contributed by atoms with Gasteiger partial charge < -0.3 is 15.2 Å². The molecule has 0 aromatic heterocycles. The van der Waals surface area contributed by atoms with E-state index in [9.17, 15) is 4.79 Å². The predicted molar refractivity (Wildman–Crippen MR) is 118 cm³/mol. The molecule has 158 valence electrons. The zero-order valence-electron chi connectivity index (χ0n) is 17.0. The van der Waals surface area contributed by atoms with E-state index in [1.165, 1.54) is 11.1 Å². The molecule has 1 heterocycles. The Morgan fingerprint density at radius 1 is 0.966 bits per heavy atom. The first-order valence-electron chi connectivity index (χ1n) is 10.2. The molecule has 1 aliphatic heterocycles. The lowest BCUT2D eigenvalue weighted by Gasteiger charge is -2.31. The molecule has 0 aliphatic carbocycles. The fourth-order valence-electron chi connectivity index (χ4n) is 4.01. The SMILES string of the molecule is C[C@@H]1OC(=O)[C@@H](N)COC[C@H](CCCc2ccccc2)[C@H]1Cc1ccccc1.Cl. The first-order valence-corrected chi connectivity index (χ1v) is 10.2. The van der Waals surface area contributed by atoms with Gasteiger partial charge in [-0.3, -0.25) is 4.79 Å². The highest BCUT2D eigenvalue weighted by atomic mass is 35.5. The van der Waals surface area contributed by atoms with Crippen molar-refractivity contribution in [2.75, 3.05) is 13.2 Å². The molecule has 1 saturated heterocycles. The van der Waals surface area contributed by atoms with Gasteiger partial charge in [0.15, 0.2) is 0 Å². The van der Waals surface area contributed by atoms with E-state index >= 15 is 0 Å². The van der Waals surface area contributed by atoms with Crippen molar-refractivity contribution >= 4 is 18.4 Å². The minimum atomic E-state index is -0.706. The van der Waals surface area contributed by atoms with Crippen molar-refractivity contribution < 1.29 is 14.3 Å². The summed E-state index contributed by atoms with van der Waals surface area (Å²) in [5.41, 5.74) is 8.51. The molecular weight excluding hydrogens is 386 g/mol. The first-order chi connectivity index (χ1) is 13.6. The van der Waals surface area contributed by atoms with Crippen molar-refractivity contribution in [2.24, 2.45) is 17.6 Å². The van der Waals surface area contributed by atoms with Crippen molar-refractivity contribution in [1.29, 1.82) is 0 Å². The Bertz CT molecular complexity index is 725. The Morgan fingerprint density at radius 2 is 1.59 bits per heavy atom. The fourth-order valence-corrected chi connectivity index (χ4v) is 4.01. The molecule has 2 N–H and O–H groups in total. The molecular formula is C24H32ClNO3. The van der Waals surface area contributed by atoms with Gasteiger partial charge in [0.25, 0.3) is 0 Å². The first kappa shape index (κ1) is 23.4. The molecule has 4 nitrogen and oxygen atoms in total. The normalized spacial score (nSPS) is 25.1. The second kappa shape index (κ2) is 12.0. The van der Waals surface area contributed by atoms with Gasteiger partial charge in [-0.15, -0.1) is 12.4 Å². The van der Waals surface area contributed by atoms with Gasteiger partial charge in [0.2, 0.25) is 0 Å². The Labute approximate surface area is 180 Å². The summed E-state index contributed by atoms with van der Waals surface area (Å²) in [5, 5.41) is 0. The number of ether oxygens (including phenoxy) is 2. The summed E-state index contributed by atoms with van der Waals surface area (Å²) in [6.45, 7) is 2.83. The van der Waals surface area contributed by atoms with Gasteiger partial charge in [0, 0.05) is 12.5 Å². The predicted octanol–water partition coefficient (Wildman–Crippen LogP) is 4.20. The van der Waals surface area contributed by atoms with E-state index in [0.717, 1.165) is 25.7 Å². The molecule has 0 spiro atoms. The molecule has 0 saturated carbocycles. The second-order valence-electron chi connectivity index (χ2n) is 7.78. The number of hydrogen-bond acceptors (Lipinski definition) is 4. The van der Waals surface area contributed by atoms with Crippen LogP contribution in [-0.4, -0.2) is 31.3 Å². The highest BCUT2D eigenvalue weighted by Crippen LogP contribution is 2.29. The lowest BCUT2D eigenvalue weighted by Crippen LogP contribution is -2.39. The van der Waals surface area contributed by atoms with Gasteiger partial charge in [-0.2, -0.15) is 0 Å². The number of halogens is 1. The van der Waals surface area contributed by atoms with Crippen LogP contribution in [0.3, 0.4) is 0 Å². The molecule has 29 heavy (non-hydrogen) atoms. The number of aryl methyl sites for hydroxylation is 1. The lowest BCUT2D eigenvalue weighted by atomic mass is 9.80. The quantitative estimate of drug-likeness (QED) is 0.715. The number of benzene rings is 2. The molecule has 4 atom stereocenters. The zero-order chi connectivity index (χ0) is 19.8. The molecule has 0 radical (unpaired) electrons. The number of carbonyl (C=O) groups excluding carboxylic acids is 1. The molecule has 0 bridgehead atoms. The van der Waals surface area contributed by atoms with Crippen LogP contribution in [0.15, 0.2) is 60.7 Å². The zero-order valence-corrected chi connectivity index (χ0v) is 17.9. The summed E-state index contributed by atoms with van der Waals surface area (Å²) in [6.07, 6.45) is 3.83. The van der Waals surface area contributed by atoms with Gasteiger partial charge in [-0.1, -0.05) is 60.7 Å². The van der Waals surface area contributed by atoms with E-state index in [-0.39, 0.29) is 37.0 Å². The molecule has 2 aromatic rings. The summed E-state index contributed by atoms with van der Waals surface area (Å²) >= 11 is 0. The van der Waals surface area contributed by atoms with Crippen LogP contribution in [0, 0.1) is 11.8 Å². The van der Waals surface area contributed by atoms with Crippen LogP contribution in [0.5, 0.6) is 0 Å². The van der Waals surface area contributed by atoms with Crippen molar-refractivity contribution in [1.82, 2.24) is 0 Å². The molecule has 3 rings (SSSR count). The molecule has 0 unspecified atom stereocenters. The van der Waals surface area contributed by atoms with E-state index in [1.807, 2.05) is 19.1 Å². The van der Waals surface area contributed by atoms with Gasteiger partial charge >= 0.3 is 5.97 Å². The topological polar surface area (TPSA) is 61.5 Å². The highest BCUT2D eigenvalue weighted by molar-refractivity contribution is 5.85. The molecule has 1 fully saturated rings. The van der Waals surface area contributed by atoms with Gasteiger partial charge in [0.05, 0.1) is 6.61 Å². The number of nitrogens with two attached hydrogens (primary N) is 1. The summed E-state index contributed by atoms with van der Waals surface area (Å²) in [4.78, 5) is 12.2. The molecule has 1 aliphatic rings. The summed E-state index contributed by atoms with van der Waals surface area (Å²) in [7, 11) is 0. The lowest BCUT2D eigenvalue weighted by molar-refractivity contribution is -0.153. The van der Waals surface area contributed by atoms with Crippen molar-refractivity contribution in [2.45, 2.75) is 44.8 Å². The average molecular weight is 418 g/mol. The van der Waals surface area contributed by atoms with Gasteiger partial charge in [-0.05, 0) is 49.7 Å². The third kappa shape index (κ3) is 7.14. The van der Waals surface area contributed by atoms with Crippen LogP contribution in [0.4, 0.5) is 0 Å². The minimum Gasteiger partial charge on any atom is -0.461 e. The Balaban J connectivity index is 0.00000300. The minimum absolute atomic E-state index is 0. The Kier molecular flexibility index (Phi) is 9.65. The molecule has 5 heteroatoms. The maximum Gasteiger partial charge on any atom is 0.325 e. The van der Waals surface area contributed by atoms with Gasteiger partial charge in [-0.25, -0.2) is 0 Å². The standard InChI is InChI=1S/C24H31NO3.ClH/c1-18-22(15-20-11-6-3-7-12-20)21(16-27-17-23(25)24(26)28-18)14-8-13-19-9-4-2-5-10-19;/h2-7,9-12,18,21-23H,8,13-17,25H2,1H3;1H/t18-,21-,22-,23-;/m0./s1. The van der Waals surface area contributed by atoms with Crippen LogP contribution < -0.4 is 5.73 Å². The molecule has 0 amide bonds. The Morgan fingerprint density at radius 3 is 2.24 bits per heavy atom. The highest BCUT2D eigenvalue weighted by Gasteiger charge is 2.32. The number of cyclic esters (lactones) is 1. The third-order valence-electron chi connectivity index (χ3n) is 5.64. The number of carbonyl (C=O) groups is 1. The molecule has 2 aromatic carbocycles. The average Bonchev–Trinajstić information content (AvgIpc) is 2.76.